The van der Waals surface area contributed by atoms with Gasteiger partial charge in [-0.1, -0.05) is 65.0 Å². The molecule has 1 aromatic carbocycles. The van der Waals surface area contributed by atoms with E-state index < -0.39 is 0 Å². The summed E-state index contributed by atoms with van der Waals surface area (Å²) < 4.78 is 0. The van der Waals surface area contributed by atoms with Gasteiger partial charge in [-0.25, -0.2) is 0 Å². The van der Waals surface area contributed by atoms with Gasteiger partial charge in [0.1, 0.15) is 0 Å². The van der Waals surface area contributed by atoms with E-state index in [9.17, 15) is 4.79 Å². The summed E-state index contributed by atoms with van der Waals surface area (Å²) in [5, 5.41) is 0. The molecule has 0 N–H and O–H groups in total. The standard InChI is InChI=1S/C20H31NO/c1-6-17-12-13-18(14(2)3)21(17)20(22)19(15(4)5)16-10-8-7-9-11-16/h7-11,14-15,17-19H,6,12-13H2,1-5H3/t17?,18-,19?/m0/s1. The fourth-order valence-corrected chi connectivity index (χ4v) is 3.94. The number of likely N-dealkylation sites (tertiary alicyclic amines) is 1. The van der Waals surface area contributed by atoms with Gasteiger partial charge >= 0.3 is 0 Å². The Kier molecular flexibility index (Phi) is 5.66. The van der Waals surface area contributed by atoms with Crippen LogP contribution in [0.3, 0.4) is 0 Å². The van der Waals surface area contributed by atoms with Crippen LogP contribution >= 0.6 is 0 Å². The molecule has 0 aromatic heterocycles. The van der Waals surface area contributed by atoms with E-state index in [1.165, 1.54) is 0 Å². The van der Waals surface area contributed by atoms with Gasteiger partial charge in [0.2, 0.25) is 5.91 Å². The topological polar surface area (TPSA) is 20.3 Å². The van der Waals surface area contributed by atoms with Gasteiger partial charge in [-0.3, -0.25) is 4.79 Å². The third kappa shape index (κ3) is 3.37. The summed E-state index contributed by atoms with van der Waals surface area (Å²) in [6.45, 7) is 11.0. The molecule has 3 atom stereocenters. The second kappa shape index (κ2) is 7.30. The highest BCUT2D eigenvalue weighted by Gasteiger charge is 2.40. The molecule has 22 heavy (non-hydrogen) atoms. The molecule has 1 amide bonds. The van der Waals surface area contributed by atoms with Crippen LogP contribution in [0.2, 0.25) is 0 Å². The van der Waals surface area contributed by atoms with Crippen LogP contribution in [0.1, 0.15) is 65.4 Å². The van der Waals surface area contributed by atoms with Crippen molar-refractivity contribution >= 4 is 5.91 Å². The van der Waals surface area contributed by atoms with Crippen molar-refractivity contribution in [3.8, 4) is 0 Å². The predicted octanol–water partition coefficient (Wildman–Crippen LogP) is 4.85. The highest BCUT2D eigenvalue weighted by atomic mass is 16.2. The molecule has 2 nitrogen and oxygen atoms in total. The van der Waals surface area contributed by atoms with E-state index in [0.29, 0.717) is 29.8 Å². The fourth-order valence-electron chi connectivity index (χ4n) is 3.94. The van der Waals surface area contributed by atoms with Gasteiger partial charge in [-0.2, -0.15) is 0 Å². The molecule has 0 radical (unpaired) electrons. The Balaban J connectivity index is 2.32. The Morgan fingerprint density at radius 1 is 1.14 bits per heavy atom. The van der Waals surface area contributed by atoms with E-state index in [4.69, 9.17) is 0 Å². The molecule has 1 aliphatic rings. The minimum Gasteiger partial charge on any atom is -0.336 e. The third-order valence-electron chi connectivity index (χ3n) is 5.13. The molecule has 2 unspecified atom stereocenters. The number of amides is 1. The first kappa shape index (κ1) is 17.1. The van der Waals surface area contributed by atoms with Crippen molar-refractivity contribution in [3.63, 3.8) is 0 Å². The zero-order chi connectivity index (χ0) is 16.3. The minimum atomic E-state index is -0.0189. The Morgan fingerprint density at radius 3 is 2.27 bits per heavy atom. The number of carbonyl (C=O) groups is 1. The molecule has 2 heteroatoms. The lowest BCUT2D eigenvalue weighted by molar-refractivity contribution is -0.137. The summed E-state index contributed by atoms with van der Waals surface area (Å²) in [7, 11) is 0. The maximum Gasteiger partial charge on any atom is 0.230 e. The van der Waals surface area contributed by atoms with Gasteiger partial charge in [0.15, 0.2) is 0 Å². The van der Waals surface area contributed by atoms with Crippen molar-refractivity contribution in [3.05, 3.63) is 35.9 Å². The Hall–Kier alpha value is -1.31. The van der Waals surface area contributed by atoms with Crippen molar-refractivity contribution in [2.75, 3.05) is 0 Å². The van der Waals surface area contributed by atoms with E-state index in [0.717, 1.165) is 24.8 Å². The monoisotopic (exact) mass is 301 g/mol. The molecule has 2 rings (SSSR count). The number of carbonyl (C=O) groups excluding carboxylic acids is 1. The fraction of sp³-hybridized carbons (Fsp3) is 0.650. The smallest absolute Gasteiger partial charge is 0.230 e. The SMILES string of the molecule is CCC1CC[C@@H](C(C)C)N1C(=O)C(c1ccccc1)C(C)C. The number of rotatable bonds is 5. The van der Waals surface area contributed by atoms with Crippen LogP contribution in [0.25, 0.3) is 0 Å². The first-order chi connectivity index (χ1) is 10.5. The summed E-state index contributed by atoms with van der Waals surface area (Å²) >= 11 is 0. The lowest BCUT2D eigenvalue weighted by atomic mass is 9.86. The molecule has 1 fully saturated rings. The zero-order valence-electron chi connectivity index (χ0n) is 14.8. The molecule has 122 valence electrons. The van der Waals surface area contributed by atoms with Crippen LogP contribution in [0.15, 0.2) is 30.3 Å². The Labute approximate surface area is 135 Å². The summed E-state index contributed by atoms with van der Waals surface area (Å²) in [4.78, 5) is 15.6. The highest BCUT2D eigenvalue weighted by molar-refractivity contribution is 5.85. The largest absolute Gasteiger partial charge is 0.336 e. The van der Waals surface area contributed by atoms with Crippen molar-refractivity contribution in [1.29, 1.82) is 0 Å². The quantitative estimate of drug-likeness (QED) is 0.761. The first-order valence-electron chi connectivity index (χ1n) is 8.84. The molecule has 0 saturated carbocycles. The average Bonchev–Trinajstić information content (AvgIpc) is 2.92. The molecule has 1 aromatic rings. The number of benzene rings is 1. The predicted molar refractivity (Wildman–Crippen MR) is 92.8 cm³/mol. The van der Waals surface area contributed by atoms with Gasteiger partial charge in [0.05, 0.1) is 5.92 Å². The van der Waals surface area contributed by atoms with Crippen LogP contribution in [0.5, 0.6) is 0 Å². The average molecular weight is 301 g/mol. The normalized spacial score (nSPS) is 23.3. The maximum atomic E-state index is 13.4. The van der Waals surface area contributed by atoms with Crippen molar-refractivity contribution in [2.24, 2.45) is 11.8 Å². The molecule has 1 aliphatic heterocycles. The van der Waals surface area contributed by atoms with E-state index >= 15 is 0 Å². The molecular formula is C20H31NO. The highest BCUT2D eigenvalue weighted by Crippen LogP contribution is 2.36. The van der Waals surface area contributed by atoms with Crippen LogP contribution in [-0.4, -0.2) is 22.9 Å². The first-order valence-corrected chi connectivity index (χ1v) is 8.84. The van der Waals surface area contributed by atoms with Gasteiger partial charge in [-0.15, -0.1) is 0 Å². The zero-order valence-corrected chi connectivity index (χ0v) is 14.8. The van der Waals surface area contributed by atoms with E-state index in [-0.39, 0.29) is 5.92 Å². The Morgan fingerprint density at radius 2 is 1.77 bits per heavy atom. The van der Waals surface area contributed by atoms with Gasteiger partial charge in [-0.05, 0) is 36.7 Å². The van der Waals surface area contributed by atoms with Gasteiger partial charge in [0.25, 0.3) is 0 Å². The van der Waals surface area contributed by atoms with Gasteiger partial charge < -0.3 is 4.90 Å². The van der Waals surface area contributed by atoms with E-state index in [1.807, 2.05) is 18.2 Å². The molecular weight excluding hydrogens is 270 g/mol. The molecule has 1 heterocycles. The van der Waals surface area contributed by atoms with Crippen LogP contribution in [0, 0.1) is 11.8 Å². The number of hydrogen-bond donors (Lipinski definition) is 0. The minimum absolute atomic E-state index is 0.0189. The summed E-state index contributed by atoms with van der Waals surface area (Å²) in [6.07, 6.45) is 3.38. The maximum absolute atomic E-state index is 13.4. The van der Waals surface area contributed by atoms with E-state index in [1.54, 1.807) is 0 Å². The van der Waals surface area contributed by atoms with Crippen molar-refractivity contribution in [1.82, 2.24) is 4.90 Å². The summed E-state index contributed by atoms with van der Waals surface area (Å²) in [5.74, 6) is 1.17. The number of nitrogens with zero attached hydrogens (tertiary/aromatic N) is 1. The third-order valence-corrected chi connectivity index (χ3v) is 5.13. The lowest BCUT2D eigenvalue weighted by Gasteiger charge is -2.36. The van der Waals surface area contributed by atoms with Crippen LogP contribution in [-0.2, 0) is 4.79 Å². The second-order valence-corrected chi connectivity index (χ2v) is 7.33. The second-order valence-electron chi connectivity index (χ2n) is 7.33. The van der Waals surface area contributed by atoms with Crippen molar-refractivity contribution in [2.45, 2.75) is 71.9 Å². The van der Waals surface area contributed by atoms with E-state index in [2.05, 4.69) is 51.7 Å². The molecule has 0 bridgehead atoms. The summed E-state index contributed by atoms with van der Waals surface area (Å²) in [6, 6.07) is 11.1. The molecule has 0 spiro atoms. The van der Waals surface area contributed by atoms with Gasteiger partial charge in [0, 0.05) is 12.1 Å². The summed E-state index contributed by atoms with van der Waals surface area (Å²) in [5.41, 5.74) is 1.16. The van der Waals surface area contributed by atoms with Crippen molar-refractivity contribution < 1.29 is 4.79 Å². The number of hydrogen-bond acceptors (Lipinski definition) is 1. The molecule has 1 saturated heterocycles. The molecule has 0 aliphatic carbocycles. The Bertz CT molecular complexity index is 480. The van der Waals surface area contributed by atoms with Crippen LogP contribution in [0.4, 0.5) is 0 Å². The van der Waals surface area contributed by atoms with Crippen LogP contribution < -0.4 is 0 Å². The lowest BCUT2D eigenvalue weighted by Crippen LogP contribution is -2.46.